The quantitative estimate of drug-likeness (QED) is 0.123. The van der Waals surface area contributed by atoms with Gasteiger partial charge in [0.05, 0.1) is 0 Å². The first-order chi connectivity index (χ1) is 15.1. The summed E-state index contributed by atoms with van der Waals surface area (Å²) in [6.45, 7) is 2.92. The fraction of sp³-hybridized carbons (Fsp3) is 0.476. The molecule has 10 heteroatoms. The van der Waals surface area contributed by atoms with Crippen molar-refractivity contribution in [3.8, 4) is 0 Å². The van der Waals surface area contributed by atoms with Crippen molar-refractivity contribution in [2.75, 3.05) is 28.3 Å². The zero-order chi connectivity index (χ0) is 21.6. The van der Waals surface area contributed by atoms with E-state index in [1.165, 1.54) is 6.42 Å². The third kappa shape index (κ3) is 6.03. The number of aromatic nitrogens is 2. The van der Waals surface area contributed by atoms with Crippen LogP contribution in [-0.4, -0.2) is 48.7 Å². The van der Waals surface area contributed by atoms with E-state index in [2.05, 4.69) is 24.0 Å². The fourth-order valence-electron chi connectivity index (χ4n) is 3.91. The summed E-state index contributed by atoms with van der Waals surface area (Å²) < 4.78 is 3.59. The van der Waals surface area contributed by atoms with Crippen LogP contribution in [0.3, 0.4) is 0 Å². The Morgan fingerprint density at radius 3 is 2.97 bits per heavy atom. The van der Waals surface area contributed by atoms with E-state index in [1.807, 2.05) is 24.3 Å². The molecule has 1 aliphatic heterocycles. The summed E-state index contributed by atoms with van der Waals surface area (Å²) in [4.78, 5) is 21.0. The number of anilines is 3. The number of pyridine rings is 2. The van der Waals surface area contributed by atoms with E-state index in [0.29, 0.717) is 11.5 Å². The van der Waals surface area contributed by atoms with Gasteiger partial charge in [-0.3, -0.25) is 0 Å². The number of amides is 1. The molecular formula is C21H30IN8O-. The van der Waals surface area contributed by atoms with Gasteiger partial charge in [0.25, 0.3) is 0 Å². The van der Waals surface area contributed by atoms with Crippen LogP contribution in [0.2, 0.25) is 0 Å². The molecular weight excluding hydrogens is 507 g/mol. The minimum absolute atomic E-state index is 0.00434. The Hall–Kier alpha value is -2.02. The van der Waals surface area contributed by atoms with E-state index in [0.717, 1.165) is 54.8 Å². The first kappa shape index (κ1) is 22.2. The molecule has 0 radical (unpaired) electrons. The summed E-state index contributed by atoms with van der Waals surface area (Å²) in [6, 6.07) is 8.08. The van der Waals surface area contributed by atoms with Crippen molar-refractivity contribution in [1.82, 2.24) is 18.4 Å². The first-order valence-electron chi connectivity index (χ1n) is 10.7. The molecule has 7 N–H and O–H groups in total. The number of nitrogens with two attached hydrogens (primary N) is 2. The van der Waals surface area contributed by atoms with Crippen LogP contribution in [0.5, 0.6) is 0 Å². The van der Waals surface area contributed by atoms with E-state index in [1.54, 1.807) is 6.20 Å². The number of alkyl halides is 1. The van der Waals surface area contributed by atoms with Crippen LogP contribution >= 0.6 is 0 Å². The van der Waals surface area contributed by atoms with Crippen LogP contribution in [-0.2, 0) is 6.54 Å². The summed E-state index contributed by atoms with van der Waals surface area (Å²) in [5, 5.41) is 10.1. The van der Waals surface area contributed by atoms with Crippen molar-refractivity contribution < 1.29 is 26.3 Å². The number of carbonyl (C=O) groups excluding carboxylic acids is 1. The number of hydrogen-bond donors (Lipinski definition) is 5. The normalized spacial score (nSPS) is 22.4. The van der Waals surface area contributed by atoms with Gasteiger partial charge in [0.1, 0.15) is 0 Å². The van der Waals surface area contributed by atoms with Crippen LogP contribution in [0.25, 0.3) is 0 Å². The molecule has 1 saturated heterocycles. The van der Waals surface area contributed by atoms with Crippen LogP contribution in [0.1, 0.15) is 41.9 Å². The molecule has 2 aliphatic rings. The number of carbonyl (C=O) groups is 1. The maximum atomic E-state index is 11.9. The van der Waals surface area contributed by atoms with Gasteiger partial charge in [0, 0.05) is 0 Å². The molecule has 0 aromatic carbocycles. The van der Waals surface area contributed by atoms with Crippen molar-refractivity contribution in [3.63, 3.8) is 0 Å². The molecule has 0 unspecified atom stereocenters. The van der Waals surface area contributed by atoms with Gasteiger partial charge in [-0.05, 0) is 6.42 Å². The van der Waals surface area contributed by atoms with E-state index in [9.17, 15) is 4.79 Å². The van der Waals surface area contributed by atoms with E-state index >= 15 is 0 Å². The molecule has 31 heavy (non-hydrogen) atoms. The Balaban J connectivity index is 1.50. The molecule has 0 spiro atoms. The summed E-state index contributed by atoms with van der Waals surface area (Å²) in [7, 11) is 0. The number of halogens is 1. The van der Waals surface area contributed by atoms with Crippen LogP contribution in [0, 0.1) is 0 Å². The molecule has 2 aromatic heterocycles. The molecule has 3 heterocycles. The average molecular weight is 537 g/mol. The van der Waals surface area contributed by atoms with Crippen molar-refractivity contribution >= 4 is 23.1 Å². The molecule has 1 saturated carbocycles. The number of primary amides is 1. The molecule has 4 rings (SSSR count). The van der Waals surface area contributed by atoms with Gasteiger partial charge in [-0.25, -0.2) is 0 Å². The van der Waals surface area contributed by atoms with Crippen molar-refractivity contribution in [1.29, 1.82) is 0 Å². The van der Waals surface area contributed by atoms with Crippen molar-refractivity contribution in [3.05, 3.63) is 41.9 Å². The predicted octanol–water partition coefficient (Wildman–Crippen LogP) is -1.63. The Labute approximate surface area is 193 Å². The van der Waals surface area contributed by atoms with E-state index in [-0.39, 0.29) is 39.3 Å². The van der Waals surface area contributed by atoms with Crippen molar-refractivity contribution in [2.24, 2.45) is 11.5 Å². The standard InChI is InChI=1S/C21H30IN8O/c23-16-5-1-2-6-17(16)27-15-10-18(20(21(24)31)26-11-15)29-19-7-3-4-14(28-19)12-30-9-8-25-13-22-30/h3-4,7,10-11,16-17,25,27H,1-2,5-6,8-9,12-13,23H2,(H2,24,31)(H,28,29)/q-1/t16-,17+/m0/s1. The SMILES string of the molecule is NC(=O)c1ncc(N[C@@H]2CCCC[C@@H]2N)cc1Nc1cccc(CN2CCNC[I-]2)n1. The van der Waals surface area contributed by atoms with Crippen LogP contribution in [0.15, 0.2) is 30.5 Å². The third-order valence-corrected chi connectivity index (χ3v) is 8.22. The minimum atomic E-state index is -0.579. The summed E-state index contributed by atoms with van der Waals surface area (Å²) in [5.74, 6) is 0.0896. The van der Waals surface area contributed by atoms with Crippen molar-refractivity contribution in [2.45, 2.75) is 44.3 Å². The Bertz CT molecular complexity index is 905. The molecule has 2 aromatic rings. The summed E-state index contributed by atoms with van der Waals surface area (Å²) in [5.41, 5.74) is 14.4. The molecule has 1 amide bonds. The molecule has 2 atom stereocenters. The van der Waals surface area contributed by atoms with Crippen LogP contribution in [0.4, 0.5) is 17.2 Å². The summed E-state index contributed by atoms with van der Waals surface area (Å²) >= 11 is 0.00434. The molecule has 168 valence electrons. The maximum absolute atomic E-state index is 11.9. The number of rotatable bonds is 7. The zero-order valence-corrected chi connectivity index (χ0v) is 19.6. The zero-order valence-electron chi connectivity index (χ0n) is 17.5. The van der Waals surface area contributed by atoms with Gasteiger partial charge < -0.3 is 5.73 Å². The fourth-order valence-corrected chi connectivity index (χ4v) is 6.19. The van der Waals surface area contributed by atoms with Crippen LogP contribution < -0.4 is 48.9 Å². The Morgan fingerprint density at radius 2 is 2.19 bits per heavy atom. The number of nitrogens with zero attached hydrogens (tertiary/aromatic N) is 3. The monoisotopic (exact) mass is 537 g/mol. The average Bonchev–Trinajstić information content (AvgIpc) is 2.76. The Morgan fingerprint density at radius 1 is 1.32 bits per heavy atom. The third-order valence-electron chi connectivity index (χ3n) is 5.55. The van der Waals surface area contributed by atoms with Gasteiger partial charge in [0.15, 0.2) is 0 Å². The molecule has 9 nitrogen and oxygen atoms in total. The van der Waals surface area contributed by atoms with Gasteiger partial charge in [-0.2, -0.15) is 0 Å². The second-order valence-corrected chi connectivity index (χ2v) is 10.7. The predicted molar refractivity (Wildman–Crippen MR) is 117 cm³/mol. The number of nitrogens with one attached hydrogen (secondary N) is 3. The molecule has 2 fully saturated rings. The topological polar surface area (TPSA) is 134 Å². The van der Waals surface area contributed by atoms with Gasteiger partial charge in [0.2, 0.25) is 0 Å². The van der Waals surface area contributed by atoms with Gasteiger partial charge >= 0.3 is 169 Å². The van der Waals surface area contributed by atoms with E-state index < -0.39 is 5.91 Å². The first-order valence-corrected chi connectivity index (χ1v) is 13.2. The van der Waals surface area contributed by atoms with E-state index in [4.69, 9.17) is 16.5 Å². The number of hydrogen-bond acceptors (Lipinski definition) is 8. The second kappa shape index (κ2) is 10.5. The van der Waals surface area contributed by atoms with Gasteiger partial charge in [-0.1, -0.05) is 12.8 Å². The second-order valence-electron chi connectivity index (χ2n) is 7.92. The molecule has 1 aliphatic carbocycles. The van der Waals surface area contributed by atoms with Gasteiger partial charge in [-0.15, -0.1) is 0 Å². The summed E-state index contributed by atoms with van der Waals surface area (Å²) in [6.07, 6.45) is 6.02. The Kier molecular flexibility index (Phi) is 7.54. The molecule has 0 bridgehead atoms.